The van der Waals surface area contributed by atoms with Crippen LogP contribution in [0.3, 0.4) is 0 Å². The van der Waals surface area contributed by atoms with Gasteiger partial charge in [0.05, 0.1) is 19.8 Å². The summed E-state index contributed by atoms with van der Waals surface area (Å²) < 4.78 is 17.1. The van der Waals surface area contributed by atoms with Crippen molar-refractivity contribution in [3.63, 3.8) is 0 Å². The van der Waals surface area contributed by atoms with Crippen LogP contribution in [0, 0.1) is 0 Å². The predicted molar refractivity (Wildman–Crippen MR) is 136 cm³/mol. The first-order chi connectivity index (χ1) is 17.5. The van der Waals surface area contributed by atoms with E-state index in [0.717, 1.165) is 36.4 Å². The topological polar surface area (TPSA) is 80.3 Å². The van der Waals surface area contributed by atoms with Gasteiger partial charge in [0.1, 0.15) is 5.75 Å². The predicted octanol–water partition coefficient (Wildman–Crippen LogP) is 4.48. The maximum absolute atomic E-state index is 13.2. The van der Waals surface area contributed by atoms with Crippen molar-refractivity contribution in [2.45, 2.75) is 44.3 Å². The molecule has 1 N–H and O–H groups in total. The molecule has 0 radical (unpaired) electrons. The Labute approximate surface area is 212 Å². The van der Waals surface area contributed by atoms with E-state index < -0.39 is 5.79 Å². The molecule has 3 heterocycles. The lowest BCUT2D eigenvalue weighted by atomic mass is 9.89. The van der Waals surface area contributed by atoms with Crippen molar-refractivity contribution in [1.29, 1.82) is 0 Å². The second-order valence-electron chi connectivity index (χ2n) is 9.70. The number of nitrogens with zero attached hydrogens (tertiary/aromatic N) is 2. The quantitative estimate of drug-likeness (QED) is 0.665. The second-order valence-corrected chi connectivity index (χ2v) is 9.70. The van der Waals surface area contributed by atoms with E-state index in [1.54, 1.807) is 0 Å². The summed E-state index contributed by atoms with van der Waals surface area (Å²) in [6.07, 6.45) is 3.33. The maximum Gasteiger partial charge on any atom is 0.321 e. The summed E-state index contributed by atoms with van der Waals surface area (Å²) in [6.45, 7) is 6.42. The molecule has 192 valence electrons. The number of hydrogen-bond donors (Lipinski definition) is 1. The molecule has 2 aromatic rings. The Morgan fingerprint density at radius 1 is 1.03 bits per heavy atom. The second kappa shape index (κ2) is 10.9. The van der Waals surface area contributed by atoms with E-state index >= 15 is 0 Å². The smallest absolute Gasteiger partial charge is 0.321 e. The first kappa shape index (κ1) is 24.6. The van der Waals surface area contributed by atoms with Crippen LogP contribution in [0.1, 0.15) is 54.4 Å². The summed E-state index contributed by atoms with van der Waals surface area (Å²) in [5, 5.41) is 3.00. The van der Waals surface area contributed by atoms with Gasteiger partial charge in [-0.25, -0.2) is 4.79 Å². The Morgan fingerprint density at radius 2 is 1.78 bits per heavy atom. The Balaban J connectivity index is 1.19. The van der Waals surface area contributed by atoms with Crippen molar-refractivity contribution in [3.05, 3.63) is 59.7 Å². The minimum absolute atomic E-state index is 0.0469. The number of likely N-dealkylation sites (tertiary alicyclic amines) is 2. The molecule has 0 aromatic heterocycles. The molecular formula is C28H35N3O5. The number of piperidine rings is 2. The average Bonchev–Trinajstić information content (AvgIpc) is 3.38. The highest BCUT2D eigenvalue weighted by Crippen LogP contribution is 2.32. The van der Waals surface area contributed by atoms with Crippen molar-refractivity contribution in [1.82, 2.24) is 9.80 Å². The van der Waals surface area contributed by atoms with Crippen LogP contribution < -0.4 is 10.1 Å². The van der Waals surface area contributed by atoms with Crippen LogP contribution in [0.25, 0.3) is 0 Å². The van der Waals surface area contributed by atoms with Crippen molar-refractivity contribution in [2.24, 2.45) is 0 Å². The molecule has 1 spiro atoms. The summed E-state index contributed by atoms with van der Waals surface area (Å²) in [7, 11) is 0. The van der Waals surface area contributed by atoms with Crippen molar-refractivity contribution < 1.29 is 23.8 Å². The van der Waals surface area contributed by atoms with E-state index in [2.05, 4.69) is 11.4 Å². The zero-order chi connectivity index (χ0) is 25.0. The molecule has 0 aliphatic carbocycles. The molecule has 3 fully saturated rings. The molecule has 0 bridgehead atoms. The fourth-order valence-electron chi connectivity index (χ4n) is 5.38. The number of carbonyl (C=O) groups is 2. The van der Waals surface area contributed by atoms with Gasteiger partial charge in [-0.1, -0.05) is 12.1 Å². The lowest BCUT2D eigenvalue weighted by molar-refractivity contribution is -0.181. The van der Waals surface area contributed by atoms with Crippen LogP contribution in [-0.2, 0) is 9.47 Å². The molecule has 1 atom stereocenters. The van der Waals surface area contributed by atoms with Gasteiger partial charge < -0.3 is 29.3 Å². The molecule has 3 aliphatic heterocycles. The van der Waals surface area contributed by atoms with Crippen LogP contribution >= 0.6 is 0 Å². The largest absolute Gasteiger partial charge is 0.494 e. The first-order valence-electron chi connectivity index (χ1n) is 13.0. The number of rotatable bonds is 5. The highest BCUT2D eigenvalue weighted by atomic mass is 16.7. The first-order valence-corrected chi connectivity index (χ1v) is 13.0. The lowest BCUT2D eigenvalue weighted by Gasteiger charge is -2.37. The number of ether oxygens (including phenoxy) is 3. The molecule has 3 saturated heterocycles. The van der Waals surface area contributed by atoms with Crippen LogP contribution in [0.15, 0.2) is 48.5 Å². The summed E-state index contributed by atoms with van der Waals surface area (Å²) in [4.78, 5) is 29.9. The van der Waals surface area contributed by atoms with Crippen molar-refractivity contribution in [2.75, 3.05) is 51.3 Å². The van der Waals surface area contributed by atoms with Crippen molar-refractivity contribution in [3.8, 4) is 5.75 Å². The van der Waals surface area contributed by atoms with E-state index in [0.29, 0.717) is 57.9 Å². The van der Waals surface area contributed by atoms with Crippen LogP contribution in [0.2, 0.25) is 0 Å². The zero-order valence-corrected chi connectivity index (χ0v) is 20.9. The van der Waals surface area contributed by atoms with Crippen LogP contribution in [0.4, 0.5) is 10.5 Å². The normalized spacial score (nSPS) is 21.4. The average molecular weight is 494 g/mol. The molecular weight excluding hydrogens is 458 g/mol. The minimum Gasteiger partial charge on any atom is -0.494 e. The molecule has 5 rings (SSSR count). The number of amides is 3. The highest BCUT2D eigenvalue weighted by molar-refractivity contribution is 5.94. The standard InChI is InChI=1S/C28H35N3O5/c1-2-34-25-10-8-24(9-11-25)29-27(33)31-14-4-7-23(20-31)21-5-3-6-22(19-21)26(32)30-15-12-28(13-16-30)35-17-18-36-28/h3,5-6,8-11,19,23H,2,4,7,12-18,20H2,1H3,(H,29,33). The van der Waals surface area contributed by atoms with E-state index in [1.807, 2.05) is 59.2 Å². The van der Waals surface area contributed by atoms with Gasteiger partial charge in [0.15, 0.2) is 5.79 Å². The van der Waals surface area contributed by atoms with Gasteiger partial charge in [-0.05, 0) is 61.7 Å². The molecule has 2 aromatic carbocycles. The molecule has 3 amide bonds. The summed E-state index contributed by atoms with van der Waals surface area (Å²) in [6, 6.07) is 15.2. The monoisotopic (exact) mass is 493 g/mol. The third kappa shape index (κ3) is 5.50. The molecule has 8 nitrogen and oxygen atoms in total. The van der Waals surface area contributed by atoms with Crippen LogP contribution in [-0.4, -0.2) is 73.5 Å². The number of benzene rings is 2. The zero-order valence-electron chi connectivity index (χ0n) is 20.9. The van der Waals surface area contributed by atoms with E-state index in [9.17, 15) is 9.59 Å². The van der Waals surface area contributed by atoms with E-state index in [4.69, 9.17) is 14.2 Å². The number of anilines is 1. The van der Waals surface area contributed by atoms with Gasteiger partial charge in [0, 0.05) is 56.2 Å². The molecule has 3 aliphatic rings. The number of urea groups is 1. The lowest BCUT2D eigenvalue weighted by Crippen LogP contribution is -2.47. The summed E-state index contributed by atoms with van der Waals surface area (Å²) in [5.41, 5.74) is 2.55. The van der Waals surface area contributed by atoms with Gasteiger partial charge in [0.2, 0.25) is 0 Å². The van der Waals surface area contributed by atoms with Gasteiger partial charge in [-0.2, -0.15) is 0 Å². The van der Waals surface area contributed by atoms with Gasteiger partial charge in [-0.15, -0.1) is 0 Å². The minimum atomic E-state index is -0.490. The molecule has 0 saturated carbocycles. The van der Waals surface area contributed by atoms with Gasteiger partial charge >= 0.3 is 6.03 Å². The Kier molecular flexibility index (Phi) is 7.43. The number of nitrogens with one attached hydrogen (secondary N) is 1. The highest BCUT2D eigenvalue weighted by Gasteiger charge is 2.41. The van der Waals surface area contributed by atoms with Gasteiger partial charge in [-0.3, -0.25) is 4.79 Å². The summed E-state index contributed by atoms with van der Waals surface area (Å²) in [5.74, 6) is 0.538. The molecule has 36 heavy (non-hydrogen) atoms. The Morgan fingerprint density at radius 3 is 2.50 bits per heavy atom. The fraction of sp³-hybridized carbons (Fsp3) is 0.500. The summed E-state index contributed by atoms with van der Waals surface area (Å²) >= 11 is 0. The Hall–Kier alpha value is -3.10. The third-order valence-corrected chi connectivity index (χ3v) is 7.36. The third-order valence-electron chi connectivity index (χ3n) is 7.36. The SMILES string of the molecule is CCOc1ccc(NC(=O)N2CCCC(c3cccc(C(=O)N4CCC5(CC4)OCCO5)c3)C2)cc1. The van der Waals surface area contributed by atoms with Crippen LogP contribution in [0.5, 0.6) is 5.75 Å². The maximum atomic E-state index is 13.2. The number of carbonyl (C=O) groups excluding carboxylic acids is 2. The van der Waals surface area contributed by atoms with E-state index in [-0.39, 0.29) is 17.9 Å². The van der Waals surface area contributed by atoms with Crippen molar-refractivity contribution >= 4 is 17.6 Å². The van der Waals surface area contributed by atoms with Gasteiger partial charge in [0.25, 0.3) is 5.91 Å². The molecule has 8 heteroatoms. The Bertz CT molecular complexity index is 1060. The number of hydrogen-bond acceptors (Lipinski definition) is 5. The fourth-order valence-corrected chi connectivity index (χ4v) is 5.38. The van der Waals surface area contributed by atoms with E-state index in [1.165, 1.54) is 0 Å². The molecule has 1 unspecified atom stereocenters.